The summed E-state index contributed by atoms with van der Waals surface area (Å²) in [7, 11) is 0. The molecule has 0 amide bonds. The number of ketones is 2. The van der Waals surface area contributed by atoms with Gasteiger partial charge in [-0.15, -0.1) is 23.2 Å². The van der Waals surface area contributed by atoms with E-state index in [1.807, 2.05) is 13.8 Å². The average molecular weight is 487 g/mol. The molecule has 5 aliphatic rings. The lowest BCUT2D eigenvalue weighted by atomic mass is 9.46. The molecule has 1 heterocycles. The molecular formula is C24H29Cl2FO5. The number of aliphatic hydroxyl groups excluding tert-OH is 1. The number of hydrogen-bond acceptors (Lipinski definition) is 5. The molecule has 0 aromatic rings. The molecule has 176 valence electrons. The van der Waals surface area contributed by atoms with Crippen LogP contribution in [0.15, 0.2) is 23.8 Å². The van der Waals surface area contributed by atoms with Gasteiger partial charge in [-0.25, -0.2) is 4.39 Å². The fourth-order valence-electron chi connectivity index (χ4n) is 7.85. The Balaban J connectivity index is 1.66. The van der Waals surface area contributed by atoms with E-state index < -0.39 is 57.1 Å². The van der Waals surface area contributed by atoms with Crippen LogP contribution >= 0.6 is 23.2 Å². The molecule has 3 saturated carbocycles. The van der Waals surface area contributed by atoms with Gasteiger partial charge in [-0.2, -0.15) is 0 Å². The van der Waals surface area contributed by atoms with Gasteiger partial charge in [-0.1, -0.05) is 19.9 Å². The second-order valence-corrected chi connectivity index (χ2v) is 12.1. The summed E-state index contributed by atoms with van der Waals surface area (Å²) in [5.41, 5.74) is -2.74. The molecule has 4 aliphatic carbocycles. The SMILES string of the molecule is CC1(C)O[C@@H]2C[C@@H]3[C@@H]4C[C@H](F)C5=CC(=O)C=C[C@]5(C)[C@@]4(Cl)[C@@H](Cl)C[C@@]3(C)[C@]2(C(=O)CO)O1. The Morgan fingerprint density at radius 3 is 2.59 bits per heavy atom. The lowest BCUT2D eigenvalue weighted by Crippen LogP contribution is -2.69. The van der Waals surface area contributed by atoms with Crippen LogP contribution in [-0.4, -0.2) is 57.2 Å². The van der Waals surface area contributed by atoms with Crippen molar-refractivity contribution < 1.29 is 28.6 Å². The molecule has 1 aliphatic heterocycles. The first-order valence-electron chi connectivity index (χ1n) is 11.2. The Bertz CT molecular complexity index is 964. The van der Waals surface area contributed by atoms with Gasteiger partial charge >= 0.3 is 0 Å². The summed E-state index contributed by atoms with van der Waals surface area (Å²) in [5, 5.41) is 9.24. The van der Waals surface area contributed by atoms with Crippen LogP contribution in [-0.2, 0) is 19.1 Å². The van der Waals surface area contributed by atoms with E-state index in [4.69, 9.17) is 32.7 Å². The summed E-state index contributed by atoms with van der Waals surface area (Å²) in [6.45, 7) is 6.63. The molecule has 5 nitrogen and oxygen atoms in total. The van der Waals surface area contributed by atoms with Crippen molar-refractivity contribution in [2.75, 3.05) is 6.61 Å². The minimum atomic E-state index is -1.37. The molecule has 32 heavy (non-hydrogen) atoms. The van der Waals surface area contributed by atoms with Crippen molar-refractivity contribution in [2.45, 2.75) is 80.9 Å². The molecule has 0 aromatic carbocycles. The van der Waals surface area contributed by atoms with E-state index in [0.717, 1.165) is 0 Å². The van der Waals surface area contributed by atoms with Gasteiger partial charge in [0.1, 0.15) is 12.8 Å². The Kier molecular flexibility index (Phi) is 4.78. The molecule has 5 rings (SSSR count). The van der Waals surface area contributed by atoms with E-state index >= 15 is 4.39 Å². The standard InChI is InChI=1S/C24H29Cl2FO5/c1-20(2)31-19-9-13-14-8-16(27)15-7-12(29)5-6-21(15,3)23(14,26)17(25)10-22(13,4)24(19,32-20)18(30)11-28/h5-7,13-14,16-17,19,28H,8-11H2,1-4H3/t13-,14+,16+,17+,19-,21+,22-,23+,24-/m1/s1. The van der Waals surface area contributed by atoms with Crippen molar-refractivity contribution in [3.63, 3.8) is 0 Å². The minimum Gasteiger partial charge on any atom is -0.388 e. The monoisotopic (exact) mass is 486 g/mol. The van der Waals surface area contributed by atoms with Crippen molar-refractivity contribution >= 4 is 34.8 Å². The van der Waals surface area contributed by atoms with Crippen LogP contribution in [0.3, 0.4) is 0 Å². The summed E-state index contributed by atoms with van der Waals surface area (Å²) in [4.78, 5) is 24.2. The number of hydrogen-bond donors (Lipinski definition) is 1. The van der Waals surface area contributed by atoms with Crippen LogP contribution in [0.5, 0.6) is 0 Å². The van der Waals surface area contributed by atoms with E-state index in [9.17, 15) is 14.7 Å². The summed E-state index contributed by atoms with van der Waals surface area (Å²) in [6, 6.07) is 0. The van der Waals surface area contributed by atoms with Gasteiger partial charge in [0.25, 0.3) is 0 Å². The number of allylic oxidation sites excluding steroid dienone is 4. The number of fused-ring (bicyclic) bond motifs is 7. The highest BCUT2D eigenvalue weighted by atomic mass is 35.5. The Morgan fingerprint density at radius 2 is 1.94 bits per heavy atom. The van der Waals surface area contributed by atoms with Crippen LogP contribution in [0, 0.1) is 22.7 Å². The topological polar surface area (TPSA) is 72.8 Å². The Morgan fingerprint density at radius 1 is 1.25 bits per heavy atom. The molecule has 4 fully saturated rings. The Labute approximate surface area is 197 Å². The lowest BCUT2D eigenvalue weighted by molar-refractivity contribution is -0.213. The first-order valence-corrected chi connectivity index (χ1v) is 12.0. The number of ether oxygens (including phenoxy) is 2. The van der Waals surface area contributed by atoms with Gasteiger partial charge in [-0.3, -0.25) is 9.59 Å². The molecule has 8 heteroatoms. The number of alkyl halides is 3. The normalized spacial score (nSPS) is 53.2. The second-order valence-electron chi connectivity index (χ2n) is 11.0. The lowest BCUT2D eigenvalue weighted by Gasteiger charge is -2.64. The zero-order valence-electron chi connectivity index (χ0n) is 18.7. The highest BCUT2D eigenvalue weighted by Crippen LogP contribution is 2.73. The third kappa shape index (κ3) is 2.46. The number of rotatable bonds is 2. The van der Waals surface area contributed by atoms with E-state index in [-0.39, 0.29) is 24.0 Å². The van der Waals surface area contributed by atoms with Crippen molar-refractivity contribution in [2.24, 2.45) is 22.7 Å². The summed E-state index contributed by atoms with van der Waals surface area (Å²) < 4.78 is 28.1. The average Bonchev–Trinajstić information content (AvgIpc) is 3.11. The molecule has 0 spiro atoms. The molecule has 0 aromatic heterocycles. The molecule has 1 N–H and O–H groups in total. The highest BCUT2D eigenvalue weighted by Gasteiger charge is 2.79. The maximum absolute atomic E-state index is 15.6. The number of carbonyl (C=O) groups excluding carboxylic acids is 2. The maximum atomic E-state index is 15.6. The first kappa shape index (κ1) is 23.0. The van der Waals surface area contributed by atoms with Gasteiger partial charge in [0, 0.05) is 10.8 Å². The Hall–Kier alpha value is -0.790. The zero-order valence-corrected chi connectivity index (χ0v) is 20.2. The van der Waals surface area contributed by atoms with E-state index in [1.165, 1.54) is 12.2 Å². The number of carbonyl (C=O) groups is 2. The van der Waals surface area contributed by atoms with Crippen LogP contribution in [0.2, 0.25) is 0 Å². The van der Waals surface area contributed by atoms with Crippen molar-refractivity contribution in [3.8, 4) is 0 Å². The third-order valence-corrected chi connectivity index (χ3v) is 10.7. The van der Waals surface area contributed by atoms with Gasteiger partial charge in [0.15, 0.2) is 23.0 Å². The predicted molar refractivity (Wildman–Crippen MR) is 117 cm³/mol. The number of halogens is 3. The van der Waals surface area contributed by atoms with Crippen LogP contribution in [0.1, 0.15) is 47.0 Å². The van der Waals surface area contributed by atoms with Crippen LogP contribution in [0.4, 0.5) is 4.39 Å². The third-order valence-electron chi connectivity index (χ3n) is 9.14. The van der Waals surface area contributed by atoms with Crippen LogP contribution < -0.4 is 0 Å². The predicted octanol–water partition coefficient (Wildman–Crippen LogP) is 3.88. The highest BCUT2D eigenvalue weighted by molar-refractivity contribution is 6.34. The fraction of sp³-hybridized carbons (Fsp3) is 0.750. The molecule has 1 saturated heterocycles. The van der Waals surface area contributed by atoms with Gasteiger partial charge in [0.05, 0.1) is 16.4 Å². The quantitative estimate of drug-likeness (QED) is 0.599. The summed E-state index contributed by atoms with van der Waals surface area (Å²) in [5.74, 6) is -2.28. The minimum absolute atomic E-state index is 0.106. The molecule has 0 unspecified atom stereocenters. The van der Waals surface area contributed by atoms with E-state index in [0.29, 0.717) is 18.4 Å². The molecule has 9 atom stereocenters. The molecule has 0 bridgehead atoms. The fourth-order valence-corrected chi connectivity index (χ4v) is 9.05. The maximum Gasteiger partial charge on any atom is 0.193 e. The van der Waals surface area contributed by atoms with Crippen molar-refractivity contribution in [1.29, 1.82) is 0 Å². The van der Waals surface area contributed by atoms with E-state index in [2.05, 4.69) is 0 Å². The number of aliphatic hydroxyl groups is 1. The second kappa shape index (κ2) is 6.66. The summed E-state index contributed by atoms with van der Waals surface area (Å²) >= 11 is 14.5. The van der Waals surface area contributed by atoms with Gasteiger partial charge in [0.2, 0.25) is 0 Å². The molecular weight excluding hydrogens is 458 g/mol. The summed E-state index contributed by atoms with van der Waals surface area (Å²) in [6.07, 6.45) is 3.47. The van der Waals surface area contributed by atoms with Crippen molar-refractivity contribution in [1.82, 2.24) is 0 Å². The van der Waals surface area contributed by atoms with Crippen LogP contribution in [0.25, 0.3) is 0 Å². The largest absolute Gasteiger partial charge is 0.388 e. The number of Topliss-reactive ketones (excluding diaryl/α,β-unsaturated/α-hetero) is 1. The molecule has 0 radical (unpaired) electrons. The van der Waals surface area contributed by atoms with Gasteiger partial charge in [-0.05, 0) is 62.7 Å². The van der Waals surface area contributed by atoms with Crippen molar-refractivity contribution in [3.05, 3.63) is 23.8 Å². The smallest absolute Gasteiger partial charge is 0.193 e. The zero-order chi connectivity index (χ0) is 23.5. The van der Waals surface area contributed by atoms with Gasteiger partial charge < -0.3 is 14.6 Å². The first-order chi connectivity index (χ1) is 14.8. The van der Waals surface area contributed by atoms with E-state index in [1.54, 1.807) is 19.9 Å².